The van der Waals surface area contributed by atoms with Crippen molar-refractivity contribution in [2.75, 3.05) is 5.88 Å². The van der Waals surface area contributed by atoms with E-state index in [2.05, 4.69) is 43.4 Å². The molecular weight excluding hydrogens is 194 g/mol. The first-order chi connectivity index (χ1) is 6.72. The van der Waals surface area contributed by atoms with Crippen molar-refractivity contribution in [3.63, 3.8) is 0 Å². The SMILES string of the molecule is Cc1ccc(CNC(C)CCCl)cc1. The van der Waals surface area contributed by atoms with E-state index in [0.717, 1.165) is 18.8 Å². The number of halogens is 1. The number of alkyl halides is 1. The molecule has 1 aromatic carbocycles. The second-order valence-corrected chi connectivity index (χ2v) is 4.12. The molecule has 1 N–H and O–H groups in total. The fourth-order valence-corrected chi connectivity index (χ4v) is 1.59. The number of nitrogens with one attached hydrogen (secondary N) is 1. The van der Waals surface area contributed by atoms with Gasteiger partial charge >= 0.3 is 0 Å². The van der Waals surface area contributed by atoms with Crippen LogP contribution in [0.3, 0.4) is 0 Å². The van der Waals surface area contributed by atoms with E-state index in [1.165, 1.54) is 11.1 Å². The van der Waals surface area contributed by atoms with E-state index >= 15 is 0 Å². The van der Waals surface area contributed by atoms with E-state index < -0.39 is 0 Å². The maximum atomic E-state index is 5.66. The van der Waals surface area contributed by atoms with Crippen molar-refractivity contribution < 1.29 is 0 Å². The molecule has 0 heterocycles. The van der Waals surface area contributed by atoms with Crippen LogP contribution in [-0.2, 0) is 6.54 Å². The normalized spacial score (nSPS) is 12.8. The lowest BCUT2D eigenvalue weighted by Gasteiger charge is -2.12. The molecule has 2 heteroatoms. The van der Waals surface area contributed by atoms with Crippen LogP contribution in [0.2, 0.25) is 0 Å². The Hall–Kier alpha value is -0.530. The first kappa shape index (κ1) is 11.5. The third kappa shape index (κ3) is 4.12. The van der Waals surface area contributed by atoms with Crippen molar-refractivity contribution in [3.05, 3.63) is 35.4 Å². The van der Waals surface area contributed by atoms with Gasteiger partial charge in [0, 0.05) is 18.5 Å². The number of benzene rings is 1. The summed E-state index contributed by atoms with van der Waals surface area (Å²) in [6, 6.07) is 9.10. The Kier molecular flexibility index (Phi) is 4.99. The van der Waals surface area contributed by atoms with Crippen molar-refractivity contribution in [1.82, 2.24) is 5.32 Å². The van der Waals surface area contributed by atoms with Crippen LogP contribution < -0.4 is 5.32 Å². The Morgan fingerprint density at radius 1 is 1.29 bits per heavy atom. The Balaban J connectivity index is 2.34. The smallest absolute Gasteiger partial charge is 0.0238 e. The lowest BCUT2D eigenvalue weighted by molar-refractivity contribution is 0.536. The second kappa shape index (κ2) is 6.05. The number of rotatable bonds is 5. The van der Waals surface area contributed by atoms with Crippen molar-refractivity contribution in [2.24, 2.45) is 0 Å². The molecule has 0 amide bonds. The third-order valence-electron chi connectivity index (χ3n) is 2.32. The highest BCUT2D eigenvalue weighted by molar-refractivity contribution is 6.17. The fourth-order valence-electron chi connectivity index (χ4n) is 1.26. The lowest BCUT2D eigenvalue weighted by atomic mass is 10.1. The zero-order chi connectivity index (χ0) is 10.4. The van der Waals surface area contributed by atoms with E-state index in [4.69, 9.17) is 11.6 Å². The molecule has 0 fully saturated rings. The Morgan fingerprint density at radius 2 is 1.93 bits per heavy atom. The zero-order valence-corrected chi connectivity index (χ0v) is 9.64. The van der Waals surface area contributed by atoms with Gasteiger partial charge in [-0.15, -0.1) is 11.6 Å². The Morgan fingerprint density at radius 3 is 2.50 bits per heavy atom. The maximum absolute atomic E-state index is 5.66. The predicted octanol–water partition coefficient (Wildman–Crippen LogP) is 3.10. The van der Waals surface area contributed by atoms with E-state index in [-0.39, 0.29) is 0 Å². The molecule has 0 aromatic heterocycles. The van der Waals surface area contributed by atoms with Gasteiger partial charge in [0.05, 0.1) is 0 Å². The topological polar surface area (TPSA) is 12.0 Å². The van der Waals surface area contributed by atoms with Gasteiger partial charge in [0.1, 0.15) is 0 Å². The van der Waals surface area contributed by atoms with Gasteiger partial charge in [0.25, 0.3) is 0 Å². The number of aryl methyl sites for hydroxylation is 1. The molecule has 14 heavy (non-hydrogen) atoms. The lowest BCUT2D eigenvalue weighted by Crippen LogP contribution is -2.25. The quantitative estimate of drug-likeness (QED) is 0.739. The monoisotopic (exact) mass is 211 g/mol. The van der Waals surface area contributed by atoms with Crippen LogP contribution in [0.15, 0.2) is 24.3 Å². The van der Waals surface area contributed by atoms with Crippen molar-refractivity contribution in [1.29, 1.82) is 0 Å². The van der Waals surface area contributed by atoms with E-state index in [1.807, 2.05) is 0 Å². The second-order valence-electron chi connectivity index (χ2n) is 3.75. The highest BCUT2D eigenvalue weighted by Gasteiger charge is 1.99. The van der Waals surface area contributed by atoms with E-state index in [1.54, 1.807) is 0 Å². The maximum Gasteiger partial charge on any atom is 0.0238 e. The first-order valence-corrected chi connectivity index (χ1v) is 5.60. The molecule has 1 atom stereocenters. The van der Waals surface area contributed by atoms with Crippen LogP contribution in [-0.4, -0.2) is 11.9 Å². The van der Waals surface area contributed by atoms with E-state index in [9.17, 15) is 0 Å². The molecule has 1 rings (SSSR count). The molecule has 0 spiro atoms. The molecule has 78 valence electrons. The summed E-state index contributed by atoms with van der Waals surface area (Å²) in [5.74, 6) is 0.724. The summed E-state index contributed by atoms with van der Waals surface area (Å²) < 4.78 is 0. The summed E-state index contributed by atoms with van der Waals surface area (Å²) in [6.45, 7) is 5.20. The summed E-state index contributed by atoms with van der Waals surface area (Å²) in [5.41, 5.74) is 2.64. The Bertz CT molecular complexity index is 256. The zero-order valence-electron chi connectivity index (χ0n) is 8.89. The summed E-state index contributed by atoms with van der Waals surface area (Å²) in [7, 11) is 0. The minimum absolute atomic E-state index is 0.494. The van der Waals surface area contributed by atoms with Gasteiger partial charge in [-0.3, -0.25) is 0 Å². The highest BCUT2D eigenvalue weighted by Crippen LogP contribution is 2.03. The van der Waals surface area contributed by atoms with Gasteiger partial charge in [-0.25, -0.2) is 0 Å². The molecule has 1 aromatic rings. The molecular formula is C12H18ClN. The number of hydrogen-bond acceptors (Lipinski definition) is 1. The predicted molar refractivity (Wildman–Crippen MR) is 62.8 cm³/mol. The Labute approximate surface area is 91.5 Å². The summed E-state index contributed by atoms with van der Waals surface area (Å²) in [6.07, 6.45) is 1.02. The van der Waals surface area contributed by atoms with E-state index in [0.29, 0.717) is 6.04 Å². The van der Waals surface area contributed by atoms with Gasteiger partial charge < -0.3 is 5.32 Å². The average Bonchev–Trinajstić information content (AvgIpc) is 2.17. The van der Waals surface area contributed by atoms with Gasteiger partial charge in [-0.1, -0.05) is 29.8 Å². The third-order valence-corrected chi connectivity index (χ3v) is 2.54. The van der Waals surface area contributed by atoms with Gasteiger partial charge in [-0.05, 0) is 25.8 Å². The van der Waals surface area contributed by atoms with Crippen LogP contribution in [0.1, 0.15) is 24.5 Å². The molecule has 1 unspecified atom stereocenters. The van der Waals surface area contributed by atoms with Gasteiger partial charge in [0.15, 0.2) is 0 Å². The fraction of sp³-hybridized carbons (Fsp3) is 0.500. The van der Waals surface area contributed by atoms with Crippen LogP contribution in [0.5, 0.6) is 0 Å². The van der Waals surface area contributed by atoms with Crippen LogP contribution in [0, 0.1) is 6.92 Å². The summed E-state index contributed by atoms with van der Waals surface area (Å²) in [4.78, 5) is 0. The molecule has 0 bridgehead atoms. The van der Waals surface area contributed by atoms with Crippen molar-refractivity contribution in [3.8, 4) is 0 Å². The molecule has 0 aliphatic rings. The molecule has 0 radical (unpaired) electrons. The largest absolute Gasteiger partial charge is 0.310 e. The first-order valence-electron chi connectivity index (χ1n) is 5.07. The van der Waals surface area contributed by atoms with Crippen molar-refractivity contribution >= 4 is 11.6 Å². The van der Waals surface area contributed by atoms with Crippen LogP contribution >= 0.6 is 11.6 Å². The molecule has 0 aliphatic heterocycles. The van der Waals surface area contributed by atoms with Gasteiger partial charge in [0.2, 0.25) is 0 Å². The minimum Gasteiger partial charge on any atom is -0.310 e. The summed E-state index contributed by atoms with van der Waals surface area (Å²) in [5, 5.41) is 3.43. The van der Waals surface area contributed by atoms with Crippen LogP contribution in [0.4, 0.5) is 0 Å². The highest BCUT2D eigenvalue weighted by atomic mass is 35.5. The van der Waals surface area contributed by atoms with Gasteiger partial charge in [-0.2, -0.15) is 0 Å². The summed E-state index contributed by atoms with van der Waals surface area (Å²) >= 11 is 5.66. The molecule has 1 nitrogen and oxygen atoms in total. The molecule has 0 saturated carbocycles. The standard InChI is InChI=1S/C12H18ClN/c1-10-3-5-12(6-4-10)9-14-11(2)7-8-13/h3-6,11,14H,7-9H2,1-2H3. The van der Waals surface area contributed by atoms with Crippen molar-refractivity contribution in [2.45, 2.75) is 32.9 Å². The molecule has 0 saturated heterocycles. The average molecular weight is 212 g/mol. The minimum atomic E-state index is 0.494. The molecule has 0 aliphatic carbocycles. The van der Waals surface area contributed by atoms with Crippen LogP contribution in [0.25, 0.3) is 0 Å². The number of hydrogen-bond donors (Lipinski definition) is 1.